The van der Waals surface area contributed by atoms with Crippen molar-refractivity contribution in [1.29, 1.82) is 5.41 Å². The van der Waals surface area contributed by atoms with Crippen LogP contribution in [0.4, 0.5) is 5.82 Å². The molecule has 1 heterocycles. The zero-order chi connectivity index (χ0) is 18.5. The summed E-state index contributed by atoms with van der Waals surface area (Å²) in [4.78, 5) is 9.12. The molecule has 0 saturated heterocycles. The third-order valence-electron chi connectivity index (χ3n) is 3.76. The Bertz CT molecular complexity index is 914. The highest BCUT2D eigenvalue weighted by atomic mass is 35.5. The van der Waals surface area contributed by atoms with Crippen molar-refractivity contribution in [3.63, 3.8) is 0 Å². The number of rotatable bonds is 5. The molecule has 0 aliphatic rings. The van der Waals surface area contributed by atoms with E-state index in [9.17, 15) is 0 Å². The Morgan fingerprint density at radius 2 is 1.37 bits per heavy atom. The second kappa shape index (κ2) is 8.86. The summed E-state index contributed by atoms with van der Waals surface area (Å²) in [6, 6.07) is 15.1. The number of hydrogen-bond donors (Lipinski definition) is 3. The summed E-state index contributed by atoms with van der Waals surface area (Å²) in [5.74, 6) is 1.73. The maximum Gasteiger partial charge on any atom is 0.191 e. The van der Waals surface area contributed by atoms with Crippen LogP contribution in [-0.4, -0.2) is 30.1 Å². The first-order valence-electron chi connectivity index (χ1n) is 7.87. The molecule has 0 saturated carbocycles. The van der Waals surface area contributed by atoms with E-state index in [0.29, 0.717) is 17.2 Å². The lowest BCUT2D eigenvalue weighted by atomic mass is 10.0. The largest absolute Gasteiger partial charge is 0.497 e. The molecule has 0 aliphatic carbocycles. The molecule has 8 heteroatoms. The van der Waals surface area contributed by atoms with Crippen LogP contribution in [0.3, 0.4) is 0 Å². The normalized spacial score (nSPS) is 9.85. The third-order valence-corrected chi connectivity index (χ3v) is 3.76. The molecule has 0 unspecified atom stereocenters. The van der Waals surface area contributed by atoms with Crippen LogP contribution >= 0.6 is 12.4 Å². The molecule has 4 N–H and O–H groups in total. The van der Waals surface area contributed by atoms with Gasteiger partial charge in [0.15, 0.2) is 11.8 Å². The number of hydrogen-bond acceptors (Lipinski definition) is 5. The van der Waals surface area contributed by atoms with Gasteiger partial charge in [0.2, 0.25) is 0 Å². The molecule has 0 radical (unpaired) electrons. The Kier molecular flexibility index (Phi) is 6.56. The van der Waals surface area contributed by atoms with Gasteiger partial charge in [-0.1, -0.05) is 0 Å². The smallest absolute Gasteiger partial charge is 0.191 e. The monoisotopic (exact) mass is 385 g/mol. The average molecular weight is 386 g/mol. The van der Waals surface area contributed by atoms with Gasteiger partial charge in [-0.25, -0.2) is 4.98 Å². The van der Waals surface area contributed by atoms with E-state index < -0.39 is 0 Å². The van der Waals surface area contributed by atoms with Crippen LogP contribution in [0.5, 0.6) is 11.5 Å². The number of benzene rings is 2. The molecule has 7 nitrogen and oxygen atoms in total. The van der Waals surface area contributed by atoms with Crippen LogP contribution in [-0.2, 0) is 0 Å². The van der Waals surface area contributed by atoms with Gasteiger partial charge >= 0.3 is 0 Å². The highest BCUT2D eigenvalue weighted by Crippen LogP contribution is 2.31. The first-order valence-corrected chi connectivity index (χ1v) is 7.87. The summed E-state index contributed by atoms with van der Waals surface area (Å²) in [6.07, 6.45) is 1.55. The van der Waals surface area contributed by atoms with Crippen molar-refractivity contribution >= 4 is 24.2 Å². The Hall–Kier alpha value is -3.32. The molecule has 1 aromatic heterocycles. The van der Waals surface area contributed by atoms with E-state index in [-0.39, 0.29) is 18.4 Å². The highest BCUT2D eigenvalue weighted by Gasteiger charge is 2.13. The molecule has 0 amide bonds. The van der Waals surface area contributed by atoms with E-state index in [1.807, 2.05) is 48.5 Å². The van der Waals surface area contributed by atoms with Crippen molar-refractivity contribution < 1.29 is 9.47 Å². The molecule has 2 aromatic carbocycles. The Morgan fingerprint density at radius 1 is 0.889 bits per heavy atom. The van der Waals surface area contributed by atoms with Crippen molar-refractivity contribution in [2.45, 2.75) is 0 Å². The minimum atomic E-state index is -0.197. The Balaban J connectivity index is 0.00000261. The second-order valence-electron chi connectivity index (χ2n) is 5.45. The molecule has 0 spiro atoms. The number of halogens is 1. The number of methoxy groups -OCH3 is 2. The van der Waals surface area contributed by atoms with Gasteiger partial charge in [0, 0.05) is 11.1 Å². The molecule has 27 heavy (non-hydrogen) atoms. The maximum absolute atomic E-state index is 7.39. The molecule has 3 aromatic rings. The lowest BCUT2D eigenvalue weighted by molar-refractivity contribution is 0.414. The summed E-state index contributed by atoms with van der Waals surface area (Å²) >= 11 is 0. The van der Waals surface area contributed by atoms with Crippen LogP contribution in [0.25, 0.3) is 22.5 Å². The minimum absolute atomic E-state index is 0. The van der Waals surface area contributed by atoms with Crippen molar-refractivity contribution in [2.75, 3.05) is 19.5 Å². The van der Waals surface area contributed by atoms with Gasteiger partial charge in [-0.3, -0.25) is 10.4 Å². The summed E-state index contributed by atoms with van der Waals surface area (Å²) in [7, 11) is 3.24. The summed E-state index contributed by atoms with van der Waals surface area (Å²) in [5.41, 5.74) is 8.56. The van der Waals surface area contributed by atoms with Crippen molar-refractivity contribution in [3.8, 4) is 34.0 Å². The molecule has 140 valence electrons. The van der Waals surface area contributed by atoms with Gasteiger partial charge in [-0.15, -0.1) is 12.4 Å². The van der Waals surface area contributed by atoms with Gasteiger partial charge in [0.05, 0.1) is 31.8 Å². The molecule has 0 bridgehead atoms. The van der Waals surface area contributed by atoms with Crippen LogP contribution in [0.15, 0.2) is 54.7 Å². The summed E-state index contributed by atoms with van der Waals surface area (Å²) in [5, 5.41) is 10.1. The lowest BCUT2D eigenvalue weighted by Gasteiger charge is -2.12. The number of nitrogens with one attached hydrogen (secondary N) is 2. The Labute approximate surface area is 163 Å². The maximum atomic E-state index is 7.39. The fourth-order valence-corrected chi connectivity index (χ4v) is 2.50. The number of anilines is 1. The van der Waals surface area contributed by atoms with Gasteiger partial charge < -0.3 is 20.5 Å². The summed E-state index contributed by atoms with van der Waals surface area (Å²) < 4.78 is 10.4. The number of nitrogens with zero attached hydrogens (tertiary/aromatic N) is 2. The van der Waals surface area contributed by atoms with E-state index in [2.05, 4.69) is 15.3 Å². The van der Waals surface area contributed by atoms with Gasteiger partial charge in [-0.2, -0.15) is 0 Å². The molecule has 0 atom stereocenters. The molecule has 0 aliphatic heterocycles. The van der Waals surface area contributed by atoms with E-state index in [1.54, 1.807) is 20.4 Å². The van der Waals surface area contributed by atoms with Crippen molar-refractivity contribution in [3.05, 3.63) is 54.7 Å². The Morgan fingerprint density at radius 3 is 1.81 bits per heavy atom. The van der Waals surface area contributed by atoms with Gasteiger partial charge in [0.25, 0.3) is 0 Å². The third kappa shape index (κ3) is 4.65. The zero-order valence-electron chi connectivity index (χ0n) is 14.9. The van der Waals surface area contributed by atoms with Crippen LogP contribution < -0.4 is 20.5 Å². The van der Waals surface area contributed by atoms with Crippen LogP contribution in [0.2, 0.25) is 0 Å². The van der Waals surface area contributed by atoms with E-state index in [0.717, 1.165) is 22.6 Å². The predicted molar refractivity (Wildman–Crippen MR) is 109 cm³/mol. The SMILES string of the molecule is COc1ccc(-c2ncc(NC(=N)N)nc2-c2ccc(OC)cc2)cc1.Cl. The minimum Gasteiger partial charge on any atom is -0.497 e. The molecular formula is C19H20ClN5O2. The standard InChI is InChI=1S/C19H19N5O2.ClH/c1-25-14-7-3-12(4-8-14)17-18(13-5-9-15(26-2)10-6-13)23-16(11-22-17)24-19(20)21;/h3-11H,1-2H3,(H4,20,21,23,24);1H. The fourth-order valence-electron chi connectivity index (χ4n) is 2.50. The number of guanidine groups is 1. The topological polar surface area (TPSA) is 106 Å². The van der Waals surface area contributed by atoms with E-state index in [1.165, 1.54) is 0 Å². The van der Waals surface area contributed by atoms with Crippen molar-refractivity contribution in [1.82, 2.24) is 9.97 Å². The van der Waals surface area contributed by atoms with E-state index >= 15 is 0 Å². The van der Waals surface area contributed by atoms with E-state index in [4.69, 9.17) is 20.6 Å². The van der Waals surface area contributed by atoms with Crippen LogP contribution in [0.1, 0.15) is 0 Å². The van der Waals surface area contributed by atoms with Crippen LogP contribution in [0, 0.1) is 5.41 Å². The molecule has 0 fully saturated rings. The fraction of sp³-hybridized carbons (Fsp3) is 0.105. The predicted octanol–water partition coefficient (Wildman–Crippen LogP) is 3.55. The quantitative estimate of drug-likeness (QED) is 0.458. The van der Waals surface area contributed by atoms with Gasteiger partial charge in [-0.05, 0) is 48.5 Å². The highest BCUT2D eigenvalue weighted by molar-refractivity contribution is 5.89. The zero-order valence-corrected chi connectivity index (χ0v) is 15.7. The van der Waals surface area contributed by atoms with Gasteiger partial charge in [0.1, 0.15) is 11.5 Å². The average Bonchev–Trinajstić information content (AvgIpc) is 2.68. The molecular weight excluding hydrogens is 366 g/mol. The molecule has 3 rings (SSSR count). The first-order chi connectivity index (χ1) is 12.6. The lowest BCUT2D eigenvalue weighted by Crippen LogP contribution is -2.21. The number of nitrogens with two attached hydrogens (primary N) is 1. The number of aromatic nitrogens is 2. The number of ether oxygens (including phenoxy) is 2. The second-order valence-corrected chi connectivity index (χ2v) is 5.45. The van der Waals surface area contributed by atoms with Crippen molar-refractivity contribution in [2.24, 2.45) is 5.73 Å². The summed E-state index contributed by atoms with van der Waals surface area (Å²) in [6.45, 7) is 0. The first kappa shape index (κ1) is 20.0.